The molecule has 0 bridgehead atoms. The molecular formula is C45H26FN5Pd. The molecule has 0 N–H and O–H groups in total. The van der Waals surface area contributed by atoms with Gasteiger partial charge >= 0.3 is 20.4 Å². The molecule has 1 unspecified atom stereocenters. The van der Waals surface area contributed by atoms with Crippen molar-refractivity contribution in [2.24, 2.45) is 0 Å². The molecule has 5 nitrogen and oxygen atoms in total. The number of pyridine rings is 2. The Morgan fingerprint density at radius 3 is 2.06 bits per heavy atom. The third-order valence-electron chi connectivity index (χ3n) is 10.2. The van der Waals surface area contributed by atoms with E-state index >= 15 is 4.39 Å². The Labute approximate surface area is 310 Å². The largest absolute Gasteiger partial charge is 2.00 e. The summed E-state index contributed by atoms with van der Waals surface area (Å²) in [5.41, 5.74) is 8.48. The first-order chi connectivity index (χ1) is 25.2. The van der Waals surface area contributed by atoms with Crippen LogP contribution >= 0.6 is 0 Å². The first-order valence-corrected chi connectivity index (χ1v) is 17.0. The van der Waals surface area contributed by atoms with Gasteiger partial charge in [-0.15, -0.1) is 29.8 Å². The van der Waals surface area contributed by atoms with Crippen molar-refractivity contribution in [1.29, 1.82) is 0 Å². The zero-order chi connectivity index (χ0) is 33.6. The number of para-hydroxylation sites is 3. The smallest absolute Gasteiger partial charge is 0.340 e. The zero-order valence-electron chi connectivity index (χ0n) is 27.4. The van der Waals surface area contributed by atoms with Gasteiger partial charge in [-0.05, 0) is 53.9 Å². The molecule has 0 spiro atoms. The Hall–Kier alpha value is -6.13. The Bertz CT molecular complexity index is 3180. The van der Waals surface area contributed by atoms with Crippen LogP contribution in [0.2, 0.25) is 0 Å². The molecule has 1 atom stereocenters. The minimum atomic E-state index is -1.45. The van der Waals surface area contributed by atoms with Crippen molar-refractivity contribution >= 4 is 71.1 Å². The van der Waals surface area contributed by atoms with Crippen LogP contribution in [0.25, 0.3) is 82.4 Å². The maximum absolute atomic E-state index is 16.7. The number of alkyl halides is 1. The third kappa shape index (κ3) is 4.37. The van der Waals surface area contributed by atoms with Crippen molar-refractivity contribution in [3.05, 3.63) is 175 Å². The molecule has 0 aliphatic rings. The fourth-order valence-electron chi connectivity index (χ4n) is 7.98. The average molecular weight is 762 g/mol. The summed E-state index contributed by atoms with van der Waals surface area (Å²) >= 11 is 0. The van der Waals surface area contributed by atoms with Gasteiger partial charge in [-0.2, -0.15) is 18.2 Å². The number of hydrogen-bond donors (Lipinski definition) is 0. The van der Waals surface area contributed by atoms with Crippen molar-refractivity contribution in [3.63, 3.8) is 0 Å². The van der Waals surface area contributed by atoms with Crippen molar-refractivity contribution in [2.75, 3.05) is 0 Å². The van der Waals surface area contributed by atoms with E-state index in [0.29, 0.717) is 11.1 Å². The van der Waals surface area contributed by atoms with Crippen LogP contribution in [0.5, 0.6) is 0 Å². The number of fused-ring (bicyclic) bond motifs is 12. The maximum atomic E-state index is 16.7. The number of aromatic nitrogens is 5. The molecule has 0 aliphatic heterocycles. The molecule has 11 aromatic rings. The Kier molecular flexibility index (Phi) is 6.91. The molecule has 5 aromatic heterocycles. The molecule has 0 radical (unpaired) electrons. The molecule has 0 amide bonds. The Morgan fingerprint density at radius 2 is 1.19 bits per heavy atom. The molecule has 0 aliphatic carbocycles. The van der Waals surface area contributed by atoms with E-state index in [1.54, 1.807) is 12.3 Å². The van der Waals surface area contributed by atoms with E-state index in [-0.39, 0.29) is 20.4 Å². The van der Waals surface area contributed by atoms with Crippen molar-refractivity contribution in [2.45, 2.75) is 6.17 Å². The van der Waals surface area contributed by atoms with Gasteiger partial charge in [0.2, 0.25) is 0 Å². The fourth-order valence-corrected chi connectivity index (χ4v) is 7.98. The van der Waals surface area contributed by atoms with Gasteiger partial charge in [0.15, 0.2) is 0 Å². The molecular weight excluding hydrogens is 736 g/mol. The zero-order valence-corrected chi connectivity index (χ0v) is 29.0. The standard InChI is InChI=1S/C45H26FN5.Pd/c46-43(29-19-20-32-33-14-4-6-17-39(33)49-23-22-48-44(49)38(32)25-29)28-10-8-13-31(24-28)51-42-27-41-36(26-37(42)35-16-9-21-47-45(35)51)34-15-5-7-18-40(34)50(41)30-11-2-1-3-12-30;/h1-23,26-27,43H;/q-2;+2. The van der Waals surface area contributed by atoms with Gasteiger partial charge in [-0.25, -0.2) is 9.37 Å². The summed E-state index contributed by atoms with van der Waals surface area (Å²) in [5, 5.41) is 7.31. The SMILES string of the molecule is FC(c1[c-]c(-n2c3cc4c(cc3c3cccnc32)c2ccccc2n4-c2ccccc2)ccc1)c1[c-]c2c(cc1)c1ccccc1n1ccnc21.[Pd+2]. The van der Waals surface area contributed by atoms with Gasteiger partial charge in [0.05, 0.1) is 22.2 Å². The number of nitrogens with zero attached hydrogens (tertiary/aromatic N) is 5. The number of halogens is 1. The summed E-state index contributed by atoms with van der Waals surface area (Å²) in [5.74, 6) is 0. The molecule has 0 saturated heterocycles. The van der Waals surface area contributed by atoms with Crippen LogP contribution in [0, 0.1) is 12.1 Å². The summed E-state index contributed by atoms with van der Waals surface area (Å²) in [4.78, 5) is 9.48. The Balaban J connectivity index is 0.00000338. The van der Waals surface area contributed by atoms with Gasteiger partial charge in [0.1, 0.15) is 11.8 Å². The molecule has 11 rings (SSSR count). The monoisotopic (exact) mass is 761 g/mol. The van der Waals surface area contributed by atoms with Crippen LogP contribution in [0.4, 0.5) is 4.39 Å². The predicted molar refractivity (Wildman–Crippen MR) is 204 cm³/mol. The van der Waals surface area contributed by atoms with Gasteiger partial charge in [-0.1, -0.05) is 76.6 Å². The summed E-state index contributed by atoms with van der Waals surface area (Å²) in [7, 11) is 0. The number of hydrogen-bond acceptors (Lipinski definition) is 2. The second-order valence-electron chi connectivity index (χ2n) is 13.0. The van der Waals surface area contributed by atoms with Crippen LogP contribution in [-0.4, -0.2) is 23.5 Å². The van der Waals surface area contributed by atoms with Crippen molar-refractivity contribution in [1.82, 2.24) is 23.5 Å². The number of rotatable bonds is 4. The summed E-state index contributed by atoms with van der Waals surface area (Å²) in [6.07, 6.45) is 4.07. The molecule has 52 heavy (non-hydrogen) atoms. The third-order valence-corrected chi connectivity index (χ3v) is 10.2. The topological polar surface area (TPSA) is 40.0 Å². The van der Waals surface area contributed by atoms with E-state index in [2.05, 4.69) is 105 Å². The van der Waals surface area contributed by atoms with Gasteiger partial charge in [0.25, 0.3) is 0 Å². The minimum Gasteiger partial charge on any atom is -0.340 e. The van der Waals surface area contributed by atoms with Crippen LogP contribution in [-0.2, 0) is 20.4 Å². The molecule has 5 heterocycles. The second-order valence-corrected chi connectivity index (χ2v) is 13.0. The van der Waals surface area contributed by atoms with Crippen molar-refractivity contribution < 1.29 is 24.8 Å². The number of imidazole rings is 1. The van der Waals surface area contributed by atoms with Crippen LogP contribution in [0.1, 0.15) is 17.3 Å². The Morgan fingerprint density at radius 1 is 0.500 bits per heavy atom. The summed E-state index contributed by atoms with van der Waals surface area (Å²) in [6.45, 7) is 0. The fraction of sp³-hybridized carbons (Fsp3) is 0.0222. The summed E-state index contributed by atoms with van der Waals surface area (Å²) in [6, 6.07) is 52.1. The minimum absolute atomic E-state index is 0. The van der Waals surface area contributed by atoms with Crippen molar-refractivity contribution in [3.8, 4) is 11.4 Å². The molecule has 0 saturated carbocycles. The molecule has 0 fully saturated rings. The van der Waals surface area contributed by atoms with Crippen LogP contribution < -0.4 is 0 Å². The van der Waals surface area contributed by atoms with Crippen LogP contribution in [0.3, 0.4) is 0 Å². The predicted octanol–water partition coefficient (Wildman–Crippen LogP) is 10.9. The normalized spacial score (nSPS) is 12.5. The molecule has 6 aromatic carbocycles. The first kappa shape index (κ1) is 30.7. The van der Waals surface area contributed by atoms with Crippen LogP contribution in [0.15, 0.2) is 152 Å². The van der Waals surface area contributed by atoms with E-state index in [4.69, 9.17) is 4.98 Å². The molecule has 7 heteroatoms. The summed E-state index contributed by atoms with van der Waals surface area (Å²) < 4.78 is 23.2. The van der Waals surface area contributed by atoms with Gasteiger partial charge in [-0.3, -0.25) is 4.98 Å². The average Bonchev–Trinajstić information content (AvgIpc) is 3.90. The quantitative estimate of drug-likeness (QED) is 0.102. The van der Waals surface area contributed by atoms with Gasteiger partial charge < -0.3 is 13.5 Å². The van der Waals surface area contributed by atoms with E-state index in [0.717, 1.165) is 77.1 Å². The van der Waals surface area contributed by atoms with Gasteiger partial charge in [0, 0.05) is 51.3 Å². The van der Waals surface area contributed by atoms with E-state index in [1.165, 1.54) is 5.39 Å². The molecule has 248 valence electrons. The second kappa shape index (κ2) is 11.7. The van der Waals surface area contributed by atoms with E-state index in [1.807, 2.05) is 65.3 Å². The first-order valence-electron chi connectivity index (χ1n) is 17.0. The van der Waals surface area contributed by atoms with E-state index < -0.39 is 6.17 Å². The van der Waals surface area contributed by atoms with E-state index in [9.17, 15) is 0 Å². The number of benzene rings is 6. The maximum Gasteiger partial charge on any atom is 2.00 e.